The Morgan fingerprint density at radius 2 is 2.18 bits per heavy atom. The smallest absolute Gasteiger partial charge is 0.0756 e. The number of nitrogens with zero attached hydrogens (tertiary/aromatic N) is 2. The van der Waals surface area contributed by atoms with Crippen molar-refractivity contribution in [3.8, 4) is 0 Å². The van der Waals surface area contributed by atoms with Crippen molar-refractivity contribution in [3.63, 3.8) is 0 Å². The van der Waals surface area contributed by atoms with Gasteiger partial charge in [0.15, 0.2) is 0 Å². The highest BCUT2D eigenvalue weighted by Gasteiger charge is 2.17. The molecule has 0 bridgehead atoms. The lowest BCUT2D eigenvalue weighted by Gasteiger charge is -2.18. The molecule has 1 heterocycles. The topological polar surface area (TPSA) is 29.9 Å². The van der Waals surface area contributed by atoms with Gasteiger partial charge in [0.2, 0.25) is 0 Å². The van der Waals surface area contributed by atoms with Crippen LogP contribution in [0.4, 0.5) is 0 Å². The third kappa shape index (κ3) is 2.54. The molecule has 0 saturated carbocycles. The zero-order valence-electron chi connectivity index (χ0n) is 9.61. The minimum atomic E-state index is 0.0918. The van der Waals surface area contributed by atoms with Crippen molar-refractivity contribution in [3.05, 3.63) is 51.2 Å². The quantitative estimate of drug-likeness (QED) is 0.943. The fourth-order valence-corrected chi connectivity index (χ4v) is 2.78. The number of hydrogen-bond donors (Lipinski definition) is 1. The summed E-state index contributed by atoms with van der Waals surface area (Å²) in [5.74, 6) is 0. The zero-order valence-corrected chi connectivity index (χ0v) is 12.0. The van der Waals surface area contributed by atoms with Crippen molar-refractivity contribution in [2.45, 2.75) is 6.04 Å². The molecule has 1 aromatic heterocycles. The van der Waals surface area contributed by atoms with E-state index in [4.69, 9.17) is 11.6 Å². The molecule has 0 fully saturated rings. The zero-order chi connectivity index (χ0) is 12.4. The predicted octanol–water partition coefficient (Wildman–Crippen LogP) is 3.14. The monoisotopic (exact) mass is 313 g/mol. The van der Waals surface area contributed by atoms with E-state index in [1.165, 1.54) is 0 Å². The van der Waals surface area contributed by atoms with Gasteiger partial charge in [-0.25, -0.2) is 0 Å². The molecule has 0 aliphatic rings. The van der Waals surface area contributed by atoms with Gasteiger partial charge in [-0.2, -0.15) is 5.10 Å². The van der Waals surface area contributed by atoms with E-state index < -0.39 is 0 Å². The molecular formula is C12H13BrClN3. The molecule has 0 amide bonds. The van der Waals surface area contributed by atoms with Crippen LogP contribution in [0, 0.1) is 0 Å². The Balaban J connectivity index is 2.46. The van der Waals surface area contributed by atoms with Gasteiger partial charge in [-0.3, -0.25) is 4.68 Å². The van der Waals surface area contributed by atoms with Gasteiger partial charge in [-0.15, -0.1) is 0 Å². The average Bonchev–Trinajstić information content (AvgIpc) is 2.69. The predicted molar refractivity (Wildman–Crippen MR) is 73.3 cm³/mol. The van der Waals surface area contributed by atoms with Gasteiger partial charge in [0.1, 0.15) is 0 Å². The Morgan fingerprint density at radius 1 is 1.41 bits per heavy atom. The molecule has 2 rings (SSSR count). The van der Waals surface area contributed by atoms with Crippen LogP contribution in [0.25, 0.3) is 0 Å². The summed E-state index contributed by atoms with van der Waals surface area (Å²) >= 11 is 9.50. The van der Waals surface area contributed by atoms with Gasteiger partial charge >= 0.3 is 0 Å². The minimum absolute atomic E-state index is 0.0918. The summed E-state index contributed by atoms with van der Waals surface area (Å²) in [5.41, 5.74) is 2.25. The van der Waals surface area contributed by atoms with Crippen molar-refractivity contribution in [1.29, 1.82) is 0 Å². The van der Waals surface area contributed by atoms with Crippen molar-refractivity contribution in [1.82, 2.24) is 15.1 Å². The summed E-state index contributed by atoms with van der Waals surface area (Å²) in [7, 11) is 3.86. The first-order valence-corrected chi connectivity index (χ1v) is 6.40. The third-order valence-corrected chi connectivity index (χ3v) is 3.64. The van der Waals surface area contributed by atoms with Crippen molar-refractivity contribution in [2.75, 3.05) is 7.05 Å². The highest BCUT2D eigenvalue weighted by Crippen LogP contribution is 2.30. The largest absolute Gasteiger partial charge is 0.308 e. The first-order chi connectivity index (χ1) is 8.13. The van der Waals surface area contributed by atoms with E-state index in [1.54, 1.807) is 6.20 Å². The van der Waals surface area contributed by atoms with Crippen LogP contribution in [0.5, 0.6) is 0 Å². The van der Waals surface area contributed by atoms with Crippen LogP contribution in [0.1, 0.15) is 17.3 Å². The fraction of sp³-hybridized carbons (Fsp3) is 0.250. The summed E-state index contributed by atoms with van der Waals surface area (Å²) in [6, 6.07) is 7.90. The van der Waals surface area contributed by atoms with Gasteiger partial charge < -0.3 is 5.32 Å². The van der Waals surface area contributed by atoms with Crippen LogP contribution < -0.4 is 5.32 Å². The van der Waals surface area contributed by atoms with Crippen LogP contribution >= 0.6 is 27.5 Å². The lowest BCUT2D eigenvalue weighted by molar-refractivity contribution is 0.604. The van der Waals surface area contributed by atoms with Crippen molar-refractivity contribution < 1.29 is 0 Å². The Labute approximate surface area is 114 Å². The Morgan fingerprint density at radius 3 is 2.71 bits per heavy atom. The van der Waals surface area contributed by atoms with E-state index in [9.17, 15) is 0 Å². The Kier molecular flexibility index (Phi) is 3.86. The van der Waals surface area contributed by atoms with E-state index in [0.29, 0.717) is 0 Å². The highest BCUT2D eigenvalue weighted by atomic mass is 79.9. The van der Waals surface area contributed by atoms with E-state index in [0.717, 1.165) is 20.8 Å². The summed E-state index contributed by atoms with van der Waals surface area (Å²) < 4.78 is 2.85. The molecule has 0 radical (unpaired) electrons. The van der Waals surface area contributed by atoms with Crippen LogP contribution in [0.2, 0.25) is 5.02 Å². The molecule has 0 aliphatic heterocycles. The molecule has 17 heavy (non-hydrogen) atoms. The lowest BCUT2D eigenvalue weighted by atomic mass is 10.0. The van der Waals surface area contributed by atoms with E-state index >= 15 is 0 Å². The molecule has 0 saturated heterocycles. The van der Waals surface area contributed by atoms with Gasteiger partial charge in [-0.1, -0.05) is 33.6 Å². The second-order valence-electron chi connectivity index (χ2n) is 3.77. The number of aryl methyl sites for hydroxylation is 1. The van der Waals surface area contributed by atoms with E-state index in [-0.39, 0.29) is 6.04 Å². The maximum atomic E-state index is 5.95. The average molecular weight is 315 g/mol. The number of benzene rings is 1. The normalized spacial score (nSPS) is 12.7. The first-order valence-electron chi connectivity index (χ1n) is 5.23. The van der Waals surface area contributed by atoms with Crippen LogP contribution in [-0.4, -0.2) is 16.8 Å². The SMILES string of the molecule is CNC(c1ccc(Cl)cc1Br)c1ccnn1C. The number of halogens is 2. The molecule has 1 atom stereocenters. The van der Waals surface area contributed by atoms with Crippen molar-refractivity contribution in [2.24, 2.45) is 7.05 Å². The molecule has 0 aliphatic carbocycles. The van der Waals surface area contributed by atoms with Crippen LogP contribution in [0.3, 0.4) is 0 Å². The molecule has 90 valence electrons. The minimum Gasteiger partial charge on any atom is -0.308 e. The molecule has 3 nitrogen and oxygen atoms in total. The van der Waals surface area contributed by atoms with Crippen LogP contribution in [0.15, 0.2) is 34.9 Å². The molecule has 5 heteroatoms. The number of rotatable bonds is 3. The molecule has 1 N–H and O–H groups in total. The van der Waals surface area contributed by atoms with Gasteiger partial charge in [0.25, 0.3) is 0 Å². The Hall–Kier alpha value is -0.840. The number of hydrogen-bond acceptors (Lipinski definition) is 2. The summed E-state index contributed by atoms with van der Waals surface area (Å²) in [4.78, 5) is 0. The maximum absolute atomic E-state index is 5.95. The van der Waals surface area contributed by atoms with E-state index in [1.807, 2.05) is 43.0 Å². The summed E-state index contributed by atoms with van der Waals surface area (Å²) in [6.07, 6.45) is 1.80. The number of nitrogens with one attached hydrogen (secondary N) is 1. The number of aromatic nitrogens is 2. The van der Waals surface area contributed by atoms with Gasteiger partial charge in [-0.05, 0) is 30.8 Å². The standard InChI is InChI=1S/C12H13BrClN3/c1-15-12(11-5-6-16-17(11)2)9-4-3-8(14)7-10(9)13/h3-7,12,15H,1-2H3. The summed E-state index contributed by atoms with van der Waals surface area (Å²) in [5, 5.41) is 8.20. The molecular weight excluding hydrogens is 302 g/mol. The fourth-order valence-electron chi connectivity index (χ4n) is 1.87. The first kappa shape index (κ1) is 12.6. The molecule has 2 aromatic rings. The van der Waals surface area contributed by atoms with Gasteiger partial charge in [0.05, 0.1) is 11.7 Å². The third-order valence-electron chi connectivity index (χ3n) is 2.72. The molecule has 0 spiro atoms. The molecule has 1 unspecified atom stereocenters. The summed E-state index contributed by atoms with van der Waals surface area (Å²) in [6.45, 7) is 0. The molecule has 1 aromatic carbocycles. The van der Waals surface area contributed by atoms with Crippen molar-refractivity contribution >= 4 is 27.5 Å². The second kappa shape index (κ2) is 5.21. The second-order valence-corrected chi connectivity index (χ2v) is 5.06. The maximum Gasteiger partial charge on any atom is 0.0756 e. The lowest BCUT2D eigenvalue weighted by Crippen LogP contribution is -2.21. The van der Waals surface area contributed by atoms with Crippen LogP contribution in [-0.2, 0) is 7.05 Å². The van der Waals surface area contributed by atoms with Gasteiger partial charge in [0, 0.05) is 22.7 Å². The highest BCUT2D eigenvalue weighted by molar-refractivity contribution is 9.10. The van der Waals surface area contributed by atoms with E-state index in [2.05, 4.69) is 26.3 Å². The Bertz CT molecular complexity index is 524.